The average Bonchev–Trinajstić information content (AvgIpc) is 2.74. The van der Waals surface area contributed by atoms with Crippen molar-refractivity contribution in [1.29, 1.82) is 0 Å². The van der Waals surface area contributed by atoms with E-state index in [1.54, 1.807) is 0 Å². The van der Waals surface area contributed by atoms with Crippen LogP contribution in [0.3, 0.4) is 0 Å². The lowest BCUT2D eigenvalue weighted by Crippen LogP contribution is -2.33. The van der Waals surface area contributed by atoms with Gasteiger partial charge in [-0.25, -0.2) is 14.8 Å². The van der Waals surface area contributed by atoms with Crippen molar-refractivity contribution in [2.45, 2.75) is 26.2 Å². The fourth-order valence-electron chi connectivity index (χ4n) is 1.43. The molecule has 9 heteroatoms. The number of halogens is 1. The van der Waals surface area contributed by atoms with Gasteiger partial charge in [0.05, 0.1) is 12.6 Å². The van der Waals surface area contributed by atoms with E-state index in [2.05, 4.69) is 35.0 Å². The van der Waals surface area contributed by atoms with E-state index in [4.69, 9.17) is 5.11 Å². The second-order valence-electron chi connectivity index (χ2n) is 4.52. The number of aliphatic imine (C=N–C) groups is 2. The molecule has 0 unspecified atom stereocenters. The highest BCUT2D eigenvalue weighted by Gasteiger charge is 2.33. The van der Waals surface area contributed by atoms with Crippen LogP contribution in [0, 0.1) is 0 Å². The molecule has 126 valence electrons. The molecule has 0 aromatic rings. The van der Waals surface area contributed by atoms with Crippen LogP contribution in [0.25, 0.3) is 0 Å². The highest BCUT2D eigenvalue weighted by atomic mass is 35.5. The first kappa shape index (κ1) is 22.5. The lowest BCUT2D eigenvalue weighted by atomic mass is 10.4. The molecule has 0 aromatic carbocycles. The number of nitrogens with zero attached hydrogens (tertiary/aromatic N) is 4. The van der Waals surface area contributed by atoms with Gasteiger partial charge in [-0.05, 0) is 34.0 Å². The largest absolute Gasteiger partial charge is 0.464 e. The summed E-state index contributed by atoms with van der Waals surface area (Å²) in [5, 5.41) is 8.24. The molecular formula is C13H23ClN4O4. The minimum atomic E-state index is -1.48. The molecule has 22 heavy (non-hydrogen) atoms. The molecule has 1 saturated heterocycles. The van der Waals surface area contributed by atoms with Gasteiger partial charge in [0.1, 0.15) is 0 Å². The van der Waals surface area contributed by atoms with Crippen molar-refractivity contribution in [2.75, 3.05) is 33.7 Å². The van der Waals surface area contributed by atoms with E-state index in [0.29, 0.717) is 0 Å². The van der Waals surface area contributed by atoms with Gasteiger partial charge in [-0.3, -0.25) is 9.59 Å². The Balaban J connectivity index is 0. The Morgan fingerprint density at radius 1 is 1.27 bits per heavy atom. The third-order valence-corrected chi connectivity index (χ3v) is 2.42. The summed E-state index contributed by atoms with van der Waals surface area (Å²) in [5.74, 6) is -1.25. The Morgan fingerprint density at radius 2 is 1.82 bits per heavy atom. The summed E-state index contributed by atoms with van der Waals surface area (Å²) in [5.41, 5.74) is 0. The van der Waals surface area contributed by atoms with Crippen LogP contribution in [-0.2, 0) is 9.59 Å². The first-order valence-corrected chi connectivity index (χ1v) is 6.71. The zero-order valence-corrected chi connectivity index (χ0v) is 13.9. The molecule has 0 aromatic heterocycles. The van der Waals surface area contributed by atoms with Crippen LogP contribution >= 0.6 is 12.4 Å². The summed E-state index contributed by atoms with van der Waals surface area (Å²) in [7, 11) is 4.12. The summed E-state index contributed by atoms with van der Waals surface area (Å²) >= 11 is 0. The molecular weight excluding hydrogens is 312 g/mol. The van der Waals surface area contributed by atoms with Crippen molar-refractivity contribution in [2.24, 2.45) is 9.98 Å². The number of amides is 3. The lowest BCUT2D eigenvalue weighted by Gasteiger charge is -2.05. The van der Waals surface area contributed by atoms with Crippen molar-refractivity contribution in [3.05, 3.63) is 0 Å². The number of hydrogen-bond donors (Lipinski definition) is 1. The van der Waals surface area contributed by atoms with Crippen molar-refractivity contribution in [3.8, 4) is 0 Å². The zero-order valence-electron chi connectivity index (χ0n) is 13.1. The van der Waals surface area contributed by atoms with Gasteiger partial charge in [0, 0.05) is 19.4 Å². The van der Waals surface area contributed by atoms with Crippen LogP contribution in [0.1, 0.15) is 26.2 Å². The Morgan fingerprint density at radius 3 is 2.18 bits per heavy atom. The molecule has 0 saturated carbocycles. The first-order valence-electron chi connectivity index (χ1n) is 6.71. The Bertz CT molecular complexity index is 418. The molecule has 0 radical (unpaired) electrons. The van der Waals surface area contributed by atoms with E-state index in [-0.39, 0.29) is 30.1 Å². The molecule has 0 atom stereocenters. The number of carbonyl (C=O) groups is 3. The molecule has 8 nitrogen and oxygen atoms in total. The monoisotopic (exact) mass is 334 g/mol. The van der Waals surface area contributed by atoms with Gasteiger partial charge >= 0.3 is 6.09 Å². The number of likely N-dealkylation sites (tertiary alicyclic amines) is 1. The summed E-state index contributed by atoms with van der Waals surface area (Å²) in [6.45, 7) is 4.67. The molecule has 1 rings (SSSR count). The third kappa shape index (κ3) is 10.0. The molecule has 0 bridgehead atoms. The molecule has 1 aliphatic heterocycles. The Labute approximate surface area is 136 Å². The molecule has 1 N–H and O–H groups in total. The fourth-order valence-corrected chi connectivity index (χ4v) is 1.43. The number of carbonyl (C=O) groups excluding carboxylic acids is 2. The van der Waals surface area contributed by atoms with Crippen molar-refractivity contribution in [1.82, 2.24) is 9.80 Å². The van der Waals surface area contributed by atoms with E-state index in [1.807, 2.05) is 6.92 Å². The quantitative estimate of drug-likeness (QED) is 0.464. The van der Waals surface area contributed by atoms with E-state index in [9.17, 15) is 14.4 Å². The van der Waals surface area contributed by atoms with Crippen LogP contribution in [0.4, 0.5) is 4.79 Å². The normalized spacial score (nSPS) is 13.0. The van der Waals surface area contributed by atoms with E-state index < -0.39 is 17.9 Å². The molecule has 3 amide bonds. The second-order valence-corrected chi connectivity index (χ2v) is 4.52. The first-order chi connectivity index (χ1) is 9.90. The summed E-state index contributed by atoms with van der Waals surface area (Å²) in [4.78, 5) is 41.5. The van der Waals surface area contributed by atoms with Gasteiger partial charge in [0.15, 0.2) is 0 Å². The fraction of sp³-hybridized carbons (Fsp3) is 0.692. The van der Waals surface area contributed by atoms with Crippen LogP contribution in [0.2, 0.25) is 0 Å². The second kappa shape index (κ2) is 12.9. The zero-order chi connectivity index (χ0) is 16.3. The molecule has 1 heterocycles. The van der Waals surface area contributed by atoms with Gasteiger partial charge in [0.2, 0.25) is 11.8 Å². The summed E-state index contributed by atoms with van der Waals surface area (Å²) in [6, 6.07) is 2.64. The molecule has 1 fully saturated rings. The predicted molar refractivity (Wildman–Crippen MR) is 84.8 cm³/mol. The van der Waals surface area contributed by atoms with Crippen molar-refractivity contribution < 1.29 is 19.5 Å². The van der Waals surface area contributed by atoms with Gasteiger partial charge in [-0.1, -0.05) is 0 Å². The highest BCUT2D eigenvalue weighted by Crippen LogP contribution is 2.10. The Hall–Kier alpha value is -1.76. The van der Waals surface area contributed by atoms with Gasteiger partial charge in [-0.15, -0.1) is 12.4 Å². The minimum Gasteiger partial charge on any atom is -0.464 e. The Kier molecular flexibility index (Phi) is 13.2. The van der Waals surface area contributed by atoms with E-state index in [1.165, 1.54) is 0 Å². The van der Waals surface area contributed by atoms with Crippen LogP contribution in [0.15, 0.2) is 9.98 Å². The van der Waals surface area contributed by atoms with Crippen molar-refractivity contribution >= 4 is 36.3 Å². The topological polar surface area (TPSA) is 103 Å². The van der Waals surface area contributed by atoms with Crippen LogP contribution in [0.5, 0.6) is 0 Å². The number of carboxylic acid groups (broad SMARTS) is 1. The molecule has 1 aliphatic rings. The van der Waals surface area contributed by atoms with Crippen LogP contribution in [-0.4, -0.2) is 72.6 Å². The SMILES string of the molecule is CCN=C=NCCCN(C)C.Cl.O=C(O)N1C(=O)CCC1=O. The van der Waals surface area contributed by atoms with Crippen molar-refractivity contribution in [3.63, 3.8) is 0 Å². The predicted octanol–water partition coefficient (Wildman–Crippen LogP) is 1.37. The number of imide groups is 3. The molecule has 0 aliphatic carbocycles. The highest BCUT2D eigenvalue weighted by molar-refractivity contribution is 6.12. The van der Waals surface area contributed by atoms with E-state index >= 15 is 0 Å². The summed E-state index contributed by atoms with van der Waals surface area (Å²) in [6.07, 6.45) is -0.359. The minimum absolute atomic E-state index is 0. The van der Waals surface area contributed by atoms with E-state index in [0.717, 1.165) is 26.1 Å². The maximum Gasteiger partial charge on any atom is 0.421 e. The summed E-state index contributed by atoms with van der Waals surface area (Å²) < 4.78 is 0. The van der Waals surface area contributed by atoms with Crippen LogP contribution < -0.4 is 0 Å². The lowest BCUT2D eigenvalue weighted by molar-refractivity contribution is -0.135. The standard InChI is InChI=1S/C8H17N3.C5H5NO4.ClH/c1-4-9-8-10-6-5-7-11(2)3;7-3-1-2-4(8)6(3)5(9)10;/h4-7H2,1-3H3;1-2H2,(H,9,10);1H. The number of rotatable bonds is 5. The maximum absolute atomic E-state index is 10.6. The maximum atomic E-state index is 10.6. The smallest absolute Gasteiger partial charge is 0.421 e. The number of hydrogen-bond acceptors (Lipinski definition) is 6. The van der Waals surface area contributed by atoms with Gasteiger partial charge in [0.25, 0.3) is 0 Å². The molecule has 0 spiro atoms. The average molecular weight is 335 g/mol. The van der Waals surface area contributed by atoms with Gasteiger partial charge in [-0.2, -0.15) is 4.90 Å². The third-order valence-electron chi connectivity index (χ3n) is 2.42. The van der Waals surface area contributed by atoms with Gasteiger partial charge < -0.3 is 10.0 Å².